The zero-order chi connectivity index (χ0) is 17.5. The molecule has 0 fully saturated rings. The van der Waals surface area contributed by atoms with Crippen LogP contribution in [0.4, 0.5) is 0 Å². The highest BCUT2D eigenvalue weighted by Gasteiger charge is 2.07. The van der Waals surface area contributed by atoms with Crippen molar-refractivity contribution in [2.45, 2.75) is 33.2 Å². The van der Waals surface area contributed by atoms with Gasteiger partial charge in [-0.15, -0.1) is 0 Å². The first-order chi connectivity index (χ1) is 11.5. The lowest BCUT2D eigenvalue weighted by Gasteiger charge is -2.14. The van der Waals surface area contributed by atoms with E-state index < -0.39 is 0 Å². The summed E-state index contributed by atoms with van der Waals surface area (Å²) in [6.45, 7) is 7.90. The maximum absolute atomic E-state index is 5.78. The van der Waals surface area contributed by atoms with Crippen LogP contribution in [0.25, 0.3) is 0 Å². The van der Waals surface area contributed by atoms with Gasteiger partial charge in [0.1, 0.15) is 19.0 Å². The van der Waals surface area contributed by atoms with Crippen molar-refractivity contribution in [2.24, 2.45) is 5.73 Å². The molecule has 0 spiro atoms. The van der Waals surface area contributed by atoms with Gasteiger partial charge in [0.25, 0.3) is 0 Å². The summed E-state index contributed by atoms with van der Waals surface area (Å²) in [5, 5.41) is 0. The summed E-state index contributed by atoms with van der Waals surface area (Å²) in [6, 6.07) is 11.9. The average molecular weight is 329 g/mol. The maximum atomic E-state index is 5.78. The molecule has 0 aliphatic carbocycles. The molecule has 0 bridgehead atoms. The molecule has 2 rings (SSSR count). The Kier molecular flexibility index (Phi) is 6.50. The van der Waals surface area contributed by atoms with Crippen LogP contribution in [0.1, 0.15) is 36.5 Å². The molecule has 0 unspecified atom stereocenters. The van der Waals surface area contributed by atoms with E-state index in [9.17, 15) is 0 Å². The van der Waals surface area contributed by atoms with Gasteiger partial charge in [-0.1, -0.05) is 26.0 Å². The van der Waals surface area contributed by atoms with Gasteiger partial charge in [-0.3, -0.25) is 0 Å². The van der Waals surface area contributed by atoms with Crippen LogP contribution >= 0.6 is 0 Å². The van der Waals surface area contributed by atoms with Crippen molar-refractivity contribution in [2.75, 3.05) is 20.3 Å². The summed E-state index contributed by atoms with van der Waals surface area (Å²) in [5.41, 5.74) is 9.25. The first kappa shape index (κ1) is 18.1. The number of methoxy groups -OCH3 is 1. The average Bonchev–Trinajstić information content (AvgIpc) is 2.58. The number of rotatable bonds is 8. The third-order valence-electron chi connectivity index (χ3n) is 3.94. The molecular weight excluding hydrogens is 302 g/mol. The molecule has 0 atom stereocenters. The molecule has 0 aliphatic rings. The summed E-state index contributed by atoms with van der Waals surface area (Å²) in [4.78, 5) is 0. The minimum absolute atomic E-state index is 0.448. The molecule has 0 heterocycles. The highest BCUT2D eigenvalue weighted by Crippen LogP contribution is 2.28. The van der Waals surface area contributed by atoms with E-state index in [0.29, 0.717) is 37.2 Å². The summed E-state index contributed by atoms with van der Waals surface area (Å²) in [5.74, 6) is 2.78. The first-order valence-corrected chi connectivity index (χ1v) is 8.28. The predicted octanol–water partition coefficient (Wildman–Crippen LogP) is 4.04. The lowest BCUT2D eigenvalue weighted by atomic mass is 9.98. The number of benzene rings is 2. The minimum Gasteiger partial charge on any atom is -0.493 e. The third-order valence-corrected chi connectivity index (χ3v) is 3.94. The van der Waals surface area contributed by atoms with Crippen molar-refractivity contribution < 1.29 is 14.2 Å². The number of nitrogens with two attached hydrogens (primary N) is 1. The van der Waals surface area contributed by atoms with Crippen LogP contribution in [0.5, 0.6) is 17.2 Å². The largest absolute Gasteiger partial charge is 0.493 e. The third kappa shape index (κ3) is 4.65. The number of hydrogen-bond donors (Lipinski definition) is 1. The number of ether oxygens (including phenoxy) is 3. The van der Waals surface area contributed by atoms with E-state index in [1.807, 2.05) is 24.3 Å². The standard InChI is InChI=1S/C20H27NO3/c1-14(2)18-7-6-17(11-15(18)3)23-9-10-24-19-8-5-16(13-21)12-20(19)22-4/h5-8,11-12,14H,9-10,13,21H2,1-4H3. The van der Waals surface area contributed by atoms with Gasteiger partial charge in [0, 0.05) is 6.54 Å². The topological polar surface area (TPSA) is 53.7 Å². The fourth-order valence-electron chi connectivity index (χ4n) is 2.66. The molecule has 0 aliphatic heterocycles. The minimum atomic E-state index is 0.448. The van der Waals surface area contributed by atoms with E-state index in [0.717, 1.165) is 11.3 Å². The van der Waals surface area contributed by atoms with E-state index in [1.165, 1.54) is 11.1 Å². The molecular formula is C20H27NO3. The molecule has 2 aromatic rings. The van der Waals surface area contributed by atoms with E-state index >= 15 is 0 Å². The SMILES string of the molecule is COc1cc(CN)ccc1OCCOc1ccc(C(C)C)c(C)c1. The Bertz CT molecular complexity index is 668. The van der Waals surface area contributed by atoms with Crippen molar-refractivity contribution >= 4 is 0 Å². The molecule has 4 nitrogen and oxygen atoms in total. The zero-order valence-electron chi connectivity index (χ0n) is 15.0. The van der Waals surface area contributed by atoms with Crippen LogP contribution in [0.15, 0.2) is 36.4 Å². The lowest BCUT2D eigenvalue weighted by molar-refractivity contribution is 0.211. The second kappa shape index (κ2) is 8.60. The quantitative estimate of drug-likeness (QED) is 0.743. The summed E-state index contributed by atoms with van der Waals surface area (Å²) >= 11 is 0. The molecule has 0 radical (unpaired) electrons. The molecule has 24 heavy (non-hydrogen) atoms. The Balaban J connectivity index is 1.88. The highest BCUT2D eigenvalue weighted by molar-refractivity contribution is 5.43. The van der Waals surface area contributed by atoms with Crippen molar-refractivity contribution in [3.05, 3.63) is 53.1 Å². The molecule has 0 saturated heterocycles. The van der Waals surface area contributed by atoms with Gasteiger partial charge in [-0.05, 0) is 53.8 Å². The van der Waals surface area contributed by atoms with E-state index in [-0.39, 0.29) is 0 Å². The zero-order valence-corrected chi connectivity index (χ0v) is 15.0. The molecule has 0 aromatic heterocycles. The van der Waals surface area contributed by atoms with E-state index in [1.54, 1.807) is 7.11 Å². The van der Waals surface area contributed by atoms with E-state index in [2.05, 4.69) is 32.9 Å². The van der Waals surface area contributed by atoms with Crippen LogP contribution in [0.3, 0.4) is 0 Å². The normalized spacial score (nSPS) is 10.8. The van der Waals surface area contributed by atoms with Crippen LogP contribution in [-0.2, 0) is 6.54 Å². The van der Waals surface area contributed by atoms with Crippen LogP contribution in [-0.4, -0.2) is 20.3 Å². The highest BCUT2D eigenvalue weighted by atomic mass is 16.5. The van der Waals surface area contributed by atoms with Crippen molar-refractivity contribution in [1.29, 1.82) is 0 Å². The molecule has 0 saturated carbocycles. The van der Waals surface area contributed by atoms with Gasteiger partial charge in [0.05, 0.1) is 7.11 Å². The fraction of sp³-hybridized carbons (Fsp3) is 0.400. The number of aryl methyl sites for hydroxylation is 1. The van der Waals surface area contributed by atoms with Gasteiger partial charge in [-0.25, -0.2) is 0 Å². The van der Waals surface area contributed by atoms with Crippen molar-refractivity contribution in [1.82, 2.24) is 0 Å². The van der Waals surface area contributed by atoms with Crippen LogP contribution < -0.4 is 19.9 Å². The van der Waals surface area contributed by atoms with Crippen LogP contribution in [0.2, 0.25) is 0 Å². The van der Waals surface area contributed by atoms with Gasteiger partial charge < -0.3 is 19.9 Å². The summed E-state index contributed by atoms with van der Waals surface area (Å²) in [7, 11) is 1.62. The molecule has 4 heteroatoms. The second-order valence-electron chi connectivity index (χ2n) is 6.06. The second-order valence-corrected chi connectivity index (χ2v) is 6.06. The van der Waals surface area contributed by atoms with Gasteiger partial charge >= 0.3 is 0 Å². The Morgan fingerprint density at radius 3 is 2.33 bits per heavy atom. The molecule has 130 valence electrons. The van der Waals surface area contributed by atoms with Crippen molar-refractivity contribution in [3.8, 4) is 17.2 Å². The Hall–Kier alpha value is -2.20. The first-order valence-electron chi connectivity index (χ1n) is 8.28. The predicted molar refractivity (Wildman–Crippen MR) is 97.1 cm³/mol. The Morgan fingerprint density at radius 1 is 0.958 bits per heavy atom. The fourth-order valence-corrected chi connectivity index (χ4v) is 2.66. The summed E-state index contributed by atoms with van der Waals surface area (Å²) in [6.07, 6.45) is 0. The molecule has 2 aromatic carbocycles. The molecule has 2 N–H and O–H groups in total. The Labute approximate surface area is 144 Å². The van der Waals surface area contributed by atoms with E-state index in [4.69, 9.17) is 19.9 Å². The lowest BCUT2D eigenvalue weighted by Crippen LogP contribution is -2.10. The van der Waals surface area contributed by atoms with Crippen molar-refractivity contribution in [3.63, 3.8) is 0 Å². The summed E-state index contributed by atoms with van der Waals surface area (Å²) < 4.78 is 16.9. The Morgan fingerprint density at radius 2 is 1.71 bits per heavy atom. The van der Waals surface area contributed by atoms with Crippen LogP contribution in [0, 0.1) is 6.92 Å². The van der Waals surface area contributed by atoms with Gasteiger partial charge in [-0.2, -0.15) is 0 Å². The smallest absolute Gasteiger partial charge is 0.161 e. The van der Waals surface area contributed by atoms with Gasteiger partial charge in [0.2, 0.25) is 0 Å². The van der Waals surface area contributed by atoms with Gasteiger partial charge in [0.15, 0.2) is 11.5 Å². The molecule has 0 amide bonds. The monoisotopic (exact) mass is 329 g/mol. The number of hydrogen-bond acceptors (Lipinski definition) is 4. The maximum Gasteiger partial charge on any atom is 0.161 e.